The van der Waals surface area contributed by atoms with Gasteiger partial charge in [-0.3, -0.25) is 0 Å². The predicted molar refractivity (Wildman–Crippen MR) is 87.5 cm³/mol. The SMILES string of the molecule is COc1cc(C2CC(c3ccccc3)=NO2)cc(OC)c1OC. The number of rotatable bonds is 5. The first-order valence-corrected chi connectivity index (χ1v) is 7.34. The van der Waals surface area contributed by atoms with Crippen molar-refractivity contribution in [1.29, 1.82) is 0 Å². The second-order valence-corrected chi connectivity index (χ2v) is 5.16. The Balaban J connectivity index is 1.87. The quantitative estimate of drug-likeness (QED) is 0.846. The fourth-order valence-electron chi connectivity index (χ4n) is 2.64. The molecule has 0 N–H and O–H groups in total. The monoisotopic (exact) mass is 313 g/mol. The van der Waals surface area contributed by atoms with Gasteiger partial charge in [0.05, 0.1) is 27.0 Å². The molecular weight excluding hydrogens is 294 g/mol. The molecule has 0 saturated carbocycles. The molecule has 0 spiro atoms. The number of oxime groups is 1. The van der Waals surface area contributed by atoms with E-state index >= 15 is 0 Å². The van der Waals surface area contributed by atoms with Crippen molar-refractivity contribution >= 4 is 5.71 Å². The fourth-order valence-corrected chi connectivity index (χ4v) is 2.64. The molecule has 1 atom stereocenters. The van der Waals surface area contributed by atoms with Gasteiger partial charge in [-0.25, -0.2) is 0 Å². The molecule has 0 amide bonds. The van der Waals surface area contributed by atoms with Crippen LogP contribution < -0.4 is 14.2 Å². The van der Waals surface area contributed by atoms with E-state index in [0.29, 0.717) is 23.7 Å². The third-order valence-electron chi connectivity index (χ3n) is 3.83. The van der Waals surface area contributed by atoms with E-state index in [1.165, 1.54) is 0 Å². The summed E-state index contributed by atoms with van der Waals surface area (Å²) in [6.45, 7) is 0. The normalized spacial score (nSPS) is 16.5. The van der Waals surface area contributed by atoms with E-state index in [2.05, 4.69) is 5.16 Å². The highest BCUT2D eigenvalue weighted by Gasteiger charge is 2.26. The van der Waals surface area contributed by atoms with Crippen LogP contribution in [0.3, 0.4) is 0 Å². The summed E-state index contributed by atoms with van der Waals surface area (Å²) in [4.78, 5) is 5.61. The summed E-state index contributed by atoms with van der Waals surface area (Å²) in [6, 6.07) is 13.8. The van der Waals surface area contributed by atoms with Gasteiger partial charge in [0, 0.05) is 12.0 Å². The Morgan fingerprint density at radius 1 is 0.957 bits per heavy atom. The van der Waals surface area contributed by atoms with Crippen LogP contribution in [0, 0.1) is 0 Å². The Bertz CT molecular complexity index is 687. The molecule has 1 heterocycles. The standard InChI is InChI=1S/C18H19NO4/c1-20-16-9-13(10-17(21-2)18(16)22-3)15-11-14(19-23-15)12-7-5-4-6-8-12/h4-10,15H,11H2,1-3H3. The lowest BCUT2D eigenvalue weighted by molar-refractivity contribution is 0.0853. The van der Waals surface area contributed by atoms with E-state index in [1.54, 1.807) is 21.3 Å². The molecule has 0 fully saturated rings. The minimum atomic E-state index is -0.168. The van der Waals surface area contributed by atoms with E-state index in [0.717, 1.165) is 16.8 Å². The van der Waals surface area contributed by atoms with Crippen LogP contribution in [-0.2, 0) is 4.84 Å². The van der Waals surface area contributed by atoms with Crippen molar-refractivity contribution in [3.05, 3.63) is 53.6 Å². The minimum Gasteiger partial charge on any atom is -0.493 e. The van der Waals surface area contributed by atoms with Crippen molar-refractivity contribution in [3.8, 4) is 17.2 Å². The number of hydrogen-bond donors (Lipinski definition) is 0. The lowest BCUT2D eigenvalue weighted by atomic mass is 9.99. The summed E-state index contributed by atoms with van der Waals surface area (Å²) in [5.74, 6) is 1.79. The number of nitrogens with zero attached hydrogens (tertiary/aromatic N) is 1. The van der Waals surface area contributed by atoms with Gasteiger partial charge in [-0.1, -0.05) is 35.5 Å². The second kappa shape index (κ2) is 6.60. The van der Waals surface area contributed by atoms with Gasteiger partial charge in [-0.15, -0.1) is 0 Å². The van der Waals surface area contributed by atoms with Crippen molar-refractivity contribution in [3.63, 3.8) is 0 Å². The zero-order valence-electron chi connectivity index (χ0n) is 13.4. The third-order valence-corrected chi connectivity index (χ3v) is 3.83. The van der Waals surface area contributed by atoms with Crippen LogP contribution in [0.25, 0.3) is 0 Å². The lowest BCUT2D eigenvalue weighted by Crippen LogP contribution is -2.03. The largest absolute Gasteiger partial charge is 0.493 e. The van der Waals surface area contributed by atoms with Crippen molar-refractivity contribution in [2.75, 3.05) is 21.3 Å². The Kier molecular flexibility index (Phi) is 4.37. The molecule has 0 aliphatic carbocycles. The fraction of sp³-hybridized carbons (Fsp3) is 0.278. The molecule has 0 saturated heterocycles. The minimum absolute atomic E-state index is 0.168. The van der Waals surface area contributed by atoms with Crippen LogP contribution in [0.5, 0.6) is 17.2 Å². The van der Waals surface area contributed by atoms with Crippen LogP contribution in [0.2, 0.25) is 0 Å². The maximum atomic E-state index is 5.61. The van der Waals surface area contributed by atoms with E-state index < -0.39 is 0 Å². The third kappa shape index (κ3) is 2.95. The van der Waals surface area contributed by atoms with E-state index in [9.17, 15) is 0 Å². The van der Waals surface area contributed by atoms with Crippen LogP contribution in [0.1, 0.15) is 23.7 Å². The molecule has 2 aromatic rings. The molecule has 5 nitrogen and oxygen atoms in total. The van der Waals surface area contributed by atoms with Gasteiger partial charge in [0.1, 0.15) is 0 Å². The average Bonchev–Trinajstić information content (AvgIpc) is 3.11. The first kappa shape index (κ1) is 15.2. The first-order valence-electron chi connectivity index (χ1n) is 7.34. The molecule has 0 bridgehead atoms. The molecule has 1 unspecified atom stereocenters. The summed E-state index contributed by atoms with van der Waals surface area (Å²) in [5, 5.41) is 4.22. The Morgan fingerprint density at radius 3 is 2.17 bits per heavy atom. The Hall–Kier alpha value is -2.69. The van der Waals surface area contributed by atoms with Gasteiger partial charge in [-0.2, -0.15) is 0 Å². The smallest absolute Gasteiger partial charge is 0.203 e. The molecule has 3 rings (SSSR count). The molecule has 120 valence electrons. The number of benzene rings is 2. The molecule has 0 radical (unpaired) electrons. The predicted octanol–water partition coefficient (Wildman–Crippen LogP) is 3.58. The highest BCUT2D eigenvalue weighted by atomic mass is 16.6. The number of ether oxygens (including phenoxy) is 3. The van der Waals surface area contributed by atoms with Crippen molar-refractivity contribution in [2.45, 2.75) is 12.5 Å². The summed E-state index contributed by atoms with van der Waals surface area (Å²) >= 11 is 0. The Morgan fingerprint density at radius 2 is 1.61 bits per heavy atom. The van der Waals surface area contributed by atoms with Crippen molar-refractivity contribution in [2.24, 2.45) is 5.16 Å². The van der Waals surface area contributed by atoms with Gasteiger partial charge < -0.3 is 19.0 Å². The van der Waals surface area contributed by atoms with Gasteiger partial charge in [-0.05, 0) is 17.7 Å². The van der Waals surface area contributed by atoms with Gasteiger partial charge in [0.2, 0.25) is 5.75 Å². The van der Waals surface area contributed by atoms with Gasteiger partial charge >= 0.3 is 0 Å². The molecule has 2 aromatic carbocycles. The van der Waals surface area contributed by atoms with Crippen molar-refractivity contribution in [1.82, 2.24) is 0 Å². The zero-order chi connectivity index (χ0) is 16.2. The van der Waals surface area contributed by atoms with E-state index in [4.69, 9.17) is 19.0 Å². The number of hydrogen-bond acceptors (Lipinski definition) is 5. The molecule has 5 heteroatoms. The van der Waals surface area contributed by atoms with Crippen LogP contribution >= 0.6 is 0 Å². The van der Waals surface area contributed by atoms with Gasteiger partial charge in [0.15, 0.2) is 17.6 Å². The number of methoxy groups -OCH3 is 3. The van der Waals surface area contributed by atoms with E-state index in [-0.39, 0.29) is 6.10 Å². The van der Waals surface area contributed by atoms with Crippen LogP contribution in [0.15, 0.2) is 47.6 Å². The lowest BCUT2D eigenvalue weighted by Gasteiger charge is -2.16. The van der Waals surface area contributed by atoms with Crippen LogP contribution in [-0.4, -0.2) is 27.0 Å². The van der Waals surface area contributed by atoms with Gasteiger partial charge in [0.25, 0.3) is 0 Å². The second-order valence-electron chi connectivity index (χ2n) is 5.16. The molecule has 1 aliphatic heterocycles. The summed E-state index contributed by atoms with van der Waals surface area (Å²) < 4.78 is 16.1. The first-order chi connectivity index (χ1) is 11.3. The highest BCUT2D eigenvalue weighted by molar-refractivity contribution is 6.01. The maximum Gasteiger partial charge on any atom is 0.203 e. The summed E-state index contributed by atoms with van der Waals surface area (Å²) in [7, 11) is 4.79. The molecule has 23 heavy (non-hydrogen) atoms. The zero-order valence-corrected chi connectivity index (χ0v) is 13.4. The van der Waals surface area contributed by atoms with E-state index in [1.807, 2.05) is 42.5 Å². The topological polar surface area (TPSA) is 49.3 Å². The molecular formula is C18H19NO4. The van der Waals surface area contributed by atoms with Crippen molar-refractivity contribution < 1.29 is 19.0 Å². The molecule has 1 aliphatic rings. The maximum absolute atomic E-state index is 5.61. The summed E-state index contributed by atoms with van der Waals surface area (Å²) in [5.41, 5.74) is 2.95. The average molecular weight is 313 g/mol. The molecule has 0 aromatic heterocycles. The highest BCUT2D eigenvalue weighted by Crippen LogP contribution is 2.42. The summed E-state index contributed by atoms with van der Waals surface area (Å²) in [6.07, 6.45) is 0.529. The van der Waals surface area contributed by atoms with Crippen LogP contribution in [0.4, 0.5) is 0 Å². The Labute approximate surface area is 135 Å².